The molecule has 1 aliphatic rings. The van der Waals surface area contributed by atoms with Gasteiger partial charge < -0.3 is 10.1 Å². The van der Waals surface area contributed by atoms with Crippen molar-refractivity contribution in [2.75, 3.05) is 13.2 Å². The van der Waals surface area contributed by atoms with E-state index in [1.54, 1.807) is 0 Å². The molecule has 3 heteroatoms. The first-order valence-corrected chi connectivity index (χ1v) is 8.25. The lowest BCUT2D eigenvalue weighted by Crippen LogP contribution is -2.46. The van der Waals surface area contributed by atoms with Gasteiger partial charge in [-0.3, -0.25) is 0 Å². The maximum Gasteiger partial charge on any atom is 0.0692 e. The molecule has 1 rings (SSSR count). The minimum absolute atomic E-state index is 0.110. The summed E-state index contributed by atoms with van der Waals surface area (Å²) < 4.78 is 6.00. The van der Waals surface area contributed by atoms with Crippen LogP contribution in [-0.4, -0.2) is 24.8 Å². The summed E-state index contributed by atoms with van der Waals surface area (Å²) >= 11 is 0. The highest BCUT2D eigenvalue weighted by atomic mass is 16.5. The summed E-state index contributed by atoms with van der Waals surface area (Å²) in [6, 6.07) is 2.97. The van der Waals surface area contributed by atoms with Crippen molar-refractivity contribution in [3.63, 3.8) is 0 Å². The molecule has 20 heavy (non-hydrogen) atoms. The van der Waals surface area contributed by atoms with Gasteiger partial charge in [-0.15, -0.1) is 0 Å². The highest BCUT2D eigenvalue weighted by molar-refractivity contribution is 4.91. The highest BCUT2D eigenvalue weighted by Crippen LogP contribution is 2.31. The third kappa shape index (κ3) is 5.42. The van der Waals surface area contributed by atoms with Gasteiger partial charge >= 0.3 is 0 Å². The number of unbranched alkanes of at least 4 members (excludes halogenated alkanes) is 1. The maximum atomic E-state index is 8.99. The zero-order valence-corrected chi connectivity index (χ0v) is 13.8. The molecule has 0 bridgehead atoms. The molecule has 1 unspecified atom stereocenters. The van der Waals surface area contributed by atoms with E-state index in [2.05, 4.69) is 25.2 Å². The van der Waals surface area contributed by atoms with Crippen molar-refractivity contribution in [2.45, 2.75) is 84.3 Å². The molecule has 1 atom stereocenters. The predicted molar refractivity (Wildman–Crippen MR) is 83.5 cm³/mol. The Kier molecular flexibility index (Phi) is 6.99. The van der Waals surface area contributed by atoms with E-state index in [4.69, 9.17) is 10.00 Å². The Balaban J connectivity index is 2.21. The third-order valence-electron chi connectivity index (χ3n) is 4.75. The summed E-state index contributed by atoms with van der Waals surface area (Å²) in [6.07, 6.45) is 7.77. The first kappa shape index (κ1) is 17.5. The van der Waals surface area contributed by atoms with E-state index in [1.807, 2.05) is 13.8 Å². The van der Waals surface area contributed by atoms with Gasteiger partial charge in [0.25, 0.3) is 0 Å². The van der Waals surface area contributed by atoms with E-state index in [-0.39, 0.29) is 11.0 Å². The molecule has 0 aliphatic carbocycles. The van der Waals surface area contributed by atoms with Gasteiger partial charge in [0, 0.05) is 12.6 Å². The Morgan fingerprint density at radius 1 is 1.30 bits per heavy atom. The fourth-order valence-corrected chi connectivity index (χ4v) is 3.00. The van der Waals surface area contributed by atoms with E-state index in [0.29, 0.717) is 6.04 Å². The summed E-state index contributed by atoms with van der Waals surface area (Å²) in [5, 5.41) is 12.7. The van der Waals surface area contributed by atoms with Gasteiger partial charge in [-0.05, 0) is 58.9 Å². The van der Waals surface area contributed by atoms with Crippen LogP contribution in [-0.2, 0) is 4.74 Å². The van der Waals surface area contributed by atoms with Crippen LogP contribution in [0.15, 0.2) is 0 Å². The lowest BCUT2D eigenvalue weighted by atomic mass is 9.86. The second-order valence-corrected chi connectivity index (χ2v) is 6.84. The predicted octanol–water partition coefficient (Wildman–Crippen LogP) is 4.03. The van der Waals surface area contributed by atoms with Crippen molar-refractivity contribution in [1.29, 1.82) is 5.26 Å². The summed E-state index contributed by atoms with van der Waals surface area (Å²) in [7, 11) is 0. The van der Waals surface area contributed by atoms with Gasteiger partial charge in [0.05, 0.1) is 17.1 Å². The Labute approximate surface area is 125 Å². The largest absolute Gasteiger partial charge is 0.375 e. The van der Waals surface area contributed by atoms with Crippen LogP contribution in [0.25, 0.3) is 0 Å². The molecular weight excluding hydrogens is 248 g/mol. The van der Waals surface area contributed by atoms with Crippen LogP contribution in [0, 0.1) is 16.7 Å². The van der Waals surface area contributed by atoms with Gasteiger partial charge in [0.2, 0.25) is 0 Å². The smallest absolute Gasteiger partial charge is 0.0692 e. The molecule has 0 amide bonds. The number of ether oxygens (including phenoxy) is 1. The molecule has 0 aromatic rings. The van der Waals surface area contributed by atoms with Crippen molar-refractivity contribution in [3.05, 3.63) is 0 Å². The van der Waals surface area contributed by atoms with Gasteiger partial charge in [0.1, 0.15) is 0 Å². The number of rotatable bonds is 8. The number of hydrogen-bond donors (Lipinski definition) is 1. The number of nitrogens with one attached hydrogen (secondary N) is 1. The highest BCUT2D eigenvalue weighted by Gasteiger charge is 2.34. The summed E-state index contributed by atoms with van der Waals surface area (Å²) in [6.45, 7) is 10.5. The molecule has 1 N–H and O–H groups in total. The third-order valence-corrected chi connectivity index (χ3v) is 4.75. The molecule has 0 radical (unpaired) electrons. The van der Waals surface area contributed by atoms with E-state index < -0.39 is 0 Å². The number of nitriles is 1. The minimum atomic E-state index is -0.168. The van der Waals surface area contributed by atoms with E-state index >= 15 is 0 Å². The van der Waals surface area contributed by atoms with Gasteiger partial charge in [-0.1, -0.05) is 20.3 Å². The molecule has 1 aliphatic heterocycles. The molecule has 1 fully saturated rings. The Morgan fingerprint density at radius 2 is 2.00 bits per heavy atom. The topological polar surface area (TPSA) is 45.0 Å². The maximum absolute atomic E-state index is 8.99. The Morgan fingerprint density at radius 3 is 2.60 bits per heavy atom. The molecule has 0 aromatic heterocycles. The Bertz CT molecular complexity index is 315. The quantitative estimate of drug-likeness (QED) is 0.683. The van der Waals surface area contributed by atoms with E-state index in [1.165, 1.54) is 0 Å². The minimum Gasteiger partial charge on any atom is -0.375 e. The average Bonchev–Trinajstić information content (AvgIpc) is 2.47. The molecule has 0 saturated carbocycles. The Hall–Kier alpha value is -0.590. The van der Waals surface area contributed by atoms with Crippen LogP contribution >= 0.6 is 0 Å². The second-order valence-electron chi connectivity index (χ2n) is 6.84. The van der Waals surface area contributed by atoms with Crippen LogP contribution < -0.4 is 5.32 Å². The molecule has 116 valence electrons. The van der Waals surface area contributed by atoms with Crippen molar-refractivity contribution in [1.82, 2.24) is 5.32 Å². The van der Waals surface area contributed by atoms with Crippen LogP contribution in [0.5, 0.6) is 0 Å². The fraction of sp³-hybridized carbons (Fsp3) is 0.941. The van der Waals surface area contributed by atoms with E-state index in [9.17, 15) is 0 Å². The normalized spacial score (nSPS) is 22.4. The molecule has 1 heterocycles. The van der Waals surface area contributed by atoms with Crippen LogP contribution in [0.3, 0.4) is 0 Å². The average molecular weight is 280 g/mol. The molecule has 0 aromatic carbocycles. The zero-order valence-electron chi connectivity index (χ0n) is 13.8. The first-order chi connectivity index (χ1) is 9.47. The molecule has 0 spiro atoms. The molecular formula is C17H32N2O. The van der Waals surface area contributed by atoms with Gasteiger partial charge in [-0.2, -0.15) is 5.26 Å². The summed E-state index contributed by atoms with van der Waals surface area (Å²) in [5.74, 6) is 0. The van der Waals surface area contributed by atoms with Crippen LogP contribution in [0.4, 0.5) is 0 Å². The summed E-state index contributed by atoms with van der Waals surface area (Å²) in [5.41, 5.74) is -0.0586. The monoisotopic (exact) mass is 280 g/mol. The van der Waals surface area contributed by atoms with Gasteiger partial charge in [-0.25, -0.2) is 0 Å². The standard InChI is InChI=1S/C17H32N2O/c1-5-17(6-2)13-15(9-12-20-17)19-11-8-7-10-16(3,4)14-18/h15,19H,5-13H2,1-4H3. The summed E-state index contributed by atoms with van der Waals surface area (Å²) in [4.78, 5) is 0. The fourth-order valence-electron chi connectivity index (χ4n) is 3.00. The van der Waals surface area contributed by atoms with Crippen molar-refractivity contribution in [3.8, 4) is 6.07 Å². The van der Waals surface area contributed by atoms with Crippen LogP contribution in [0.2, 0.25) is 0 Å². The van der Waals surface area contributed by atoms with Crippen molar-refractivity contribution in [2.24, 2.45) is 5.41 Å². The SMILES string of the molecule is CCC1(CC)CC(NCCCCC(C)(C)C#N)CCO1. The van der Waals surface area contributed by atoms with Crippen LogP contribution in [0.1, 0.15) is 72.6 Å². The van der Waals surface area contributed by atoms with Gasteiger partial charge in [0.15, 0.2) is 0 Å². The van der Waals surface area contributed by atoms with Crippen molar-refractivity contribution < 1.29 is 4.74 Å². The molecule has 1 saturated heterocycles. The first-order valence-electron chi connectivity index (χ1n) is 8.25. The number of hydrogen-bond acceptors (Lipinski definition) is 3. The van der Waals surface area contributed by atoms with Crippen molar-refractivity contribution >= 4 is 0 Å². The number of nitrogens with zero attached hydrogens (tertiary/aromatic N) is 1. The molecule has 3 nitrogen and oxygen atoms in total. The second kappa shape index (κ2) is 8.00. The lowest BCUT2D eigenvalue weighted by Gasteiger charge is -2.40. The van der Waals surface area contributed by atoms with E-state index in [0.717, 1.165) is 58.1 Å². The lowest BCUT2D eigenvalue weighted by molar-refractivity contribution is -0.0929. The zero-order chi connectivity index (χ0) is 15.1.